The maximum atomic E-state index is 10.6. The van der Waals surface area contributed by atoms with Crippen molar-refractivity contribution in [3.05, 3.63) is 35.9 Å². The molecule has 0 saturated heterocycles. The van der Waals surface area contributed by atoms with Crippen molar-refractivity contribution in [2.24, 2.45) is 0 Å². The van der Waals surface area contributed by atoms with Gasteiger partial charge in [0.2, 0.25) is 6.29 Å². The molecule has 0 fully saturated rings. The number of phosphoric ester groups is 1. The molecule has 0 spiro atoms. The van der Waals surface area contributed by atoms with Gasteiger partial charge in [-0.1, -0.05) is 37.3 Å². The van der Waals surface area contributed by atoms with Gasteiger partial charge >= 0.3 is 7.82 Å². The van der Waals surface area contributed by atoms with Crippen molar-refractivity contribution in [1.82, 2.24) is 0 Å². The molecule has 0 heterocycles. The number of rotatable bonds is 7. The highest BCUT2D eigenvalue weighted by molar-refractivity contribution is 7.46. The zero-order chi connectivity index (χ0) is 12.7. The Kier molecular flexibility index (Phi) is 5.77. The van der Waals surface area contributed by atoms with Crippen LogP contribution in [0.4, 0.5) is 0 Å². The third-order valence-electron chi connectivity index (χ3n) is 1.83. The summed E-state index contributed by atoms with van der Waals surface area (Å²) in [6.07, 6.45) is -0.820. The van der Waals surface area contributed by atoms with Crippen LogP contribution in [0.5, 0.6) is 0 Å². The van der Waals surface area contributed by atoms with Crippen LogP contribution in [0.15, 0.2) is 30.3 Å². The summed E-state index contributed by atoms with van der Waals surface area (Å²) in [6, 6.07) is 9.25. The Morgan fingerprint density at radius 2 is 1.94 bits per heavy atom. The Morgan fingerprint density at radius 3 is 2.47 bits per heavy atom. The van der Waals surface area contributed by atoms with Gasteiger partial charge in [-0.15, -0.1) is 0 Å². The molecule has 0 radical (unpaired) electrons. The van der Waals surface area contributed by atoms with Crippen LogP contribution in [0, 0.1) is 0 Å². The second-order valence-corrected chi connectivity index (χ2v) is 4.47. The van der Waals surface area contributed by atoms with Gasteiger partial charge in [0.1, 0.15) is 6.61 Å². The topological polar surface area (TPSA) is 85.2 Å². The Morgan fingerprint density at radius 1 is 1.29 bits per heavy atom. The van der Waals surface area contributed by atoms with Crippen LogP contribution in [0.2, 0.25) is 0 Å². The first kappa shape index (κ1) is 14.3. The summed E-state index contributed by atoms with van der Waals surface area (Å²) in [7, 11) is -4.56. The van der Waals surface area contributed by atoms with Crippen molar-refractivity contribution >= 4 is 7.82 Å². The van der Waals surface area contributed by atoms with Crippen LogP contribution in [-0.4, -0.2) is 16.1 Å². The summed E-state index contributed by atoms with van der Waals surface area (Å²) in [6.45, 7) is 1.84. The summed E-state index contributed by atoms with van der Waals surface area (Å²) in [4.78, 5) is 26.8. The van der Waals surface area contributed by atoms with Gasteiger partial charge in [-0.2, -0.15) is 0 Å². The predicted molar refractivity (Wildman–Crippen MR) is 59.5 cm³/mol. The normalized spacial score (nSPS) is 13.6. The van der Waals surface area contributed by atoms with Gasteiger partial charge in [0.15, 0.2) is 0 Å². The molecule has 0 amide bonds. The van der Waals surface area contributed by atoms with Crippen molar-refractivity contribution in [2.45, 2.75) is 26.2 Å². The lowest BCUT2D eigenvalue weighted by Gasteiger charge is -2.15. The zero-order valence-electron chi connectivity index (χ0n) is 9.35. The first-order valence-electron chi connectivity index (χ1n) is 5.07. The SMILES string of the molecule is CCC(OOCc1ccccc1)OP(=O)(O)O. The number of phosphoric acid groups is 1. The van der Waals surface area contributed by atoms with Crippen molar-refractivity contribution in [3.8, 4) is 0 Å². The highest BCUT2D eigenvalue weighted by Crippen LogP contribution is 2.38. The quantitative estimate of drug-likeness (QED) is 0.338. The average molecular weight is 262 g/mol. The Balaban J connectivity index is 2.31. The number of benzene rings is 1. The number of hydrogen-bond donors (Lipinski definition) is 2. The Labute approximate surface area is 99.3 Å². The fourth-order valence-electron chi connectivity index (χ4n) is 1.07. The molecule has 1 aromatic carbocycles. The smallest absolute Gasteiger partial charge is 0.303 e. The summed E-state index contributed by atoms with van der Waals surface area (Å²) in [5, 5.41) is 0. The van der Waals surface area contributed by atoms with Crippen LogP contribution >= 0.6 is 7.82 Å². The molecule has 1 atom stereocenters. The standard InChI is InChI=1S/C10H15O6P/c1-2-10(16-17(11,12)13)15-14-8-9-6-4-3-5-7-9/h3-7,10H,2,8H2,1H3,(H2,11,12,13). The summed E-state index contributed by atoms with van der Waals surface area (Å²) in [5.74, 6) is 0. The van der Waals surface area contributed by atoms with E-state index in [4.69, 9.17) is 19.6 Å². The zero-order valence-corrected chi connectivity index (χ0v) is 10.2. The number of hydrogen-bond acceptors (Lipinski definition) is 4. The molecule has 0 saturated carbocycles. The minimum absolute atomic E-state index is 0.182. The van der Waals surface area contributed by atoms with E-state index in [0.29, 0.717) is 0 Å². The molecule has 0 aliphatic heterocycles. The van der Waals surface area contributed by atoms with Crippen LogP contribution < -0.4 is 0 Å². The van der Waals surface area contributed by atoms with E-state index in [9.17, 15) is 4.57 Å². The van der Waals surface area contributed by atoms with E-state index in [-0.39, 0.29) is 13.0 Å². The third-order valence-corrected chi connectivity index (χ3v) is 2.34. The van der Waals surface area contributed by atoms with Crippen LogP contribution in [0.1, 0.15) is 18.9 Å². The summed E-state index contributed by atoms with van der Waals surface area (Å²) in [5.41, 5.74) is 0.888. The van der Waals surface area contributed by atoms with Gasteiger partial charge in [0.05, 0.1) is 0 Å². The van der Waals surface area contributed by atoms with Crippen LogP contribution in [0.25, 0.3) is 0 Å². The van der Waals surface area contributed by atoms with E-state index in [2.05, 4.69) is 4.52 Å². The van der Waals surface area contributed by atoms with E-state index in [1.54, 1.807) is 6.92 Å². The Hall–Kier alpha value is -0.750. The second kappa shape index (κ2) is 6.86. The molecule has 96 valence electrons. The van der Waals surface area contributed by atoms with E-state index >= 15 is 0 Å². The molecule has 17 heavy (non-hydrogen) atoms. The molecule has 0 bridgehead atoms. The van der Waals surface area contributed by atoms with Gasteiger partial charge in [-0.3, -0.25) is 4.52 Å². The Bertz CT molecular complexity index is 362. The van der Waals surface area contributed by atoms with E-state index in [1.807, 2.05) is 30.3 Å². The van der Waals surface area contributed by atoms with Crippen molar-refractivity contribution in [3.63, 3.8) is 0 Å². The molecule has 6 nitrogen and oxygen atoms in total. The average Bonchev–Trinajstić information content (AvgIpc) is 2.27. The first-order valence-corrected chi connectivity index (χ1v) is 6.60. The maximum Gasteiger partial charge on any atom is 0.472 e. The van der Waals surface area contributed by atoms with Gasteiger partial charge in [0.25, 0.3) is 0 Å². The molecule has 7 heteroatoms. The van der Waals surface area contributed by atoms with Gasteiger partial charge in [-0.25, -0.2) is 14.3 Å². The van der Waals surface area contributed by atoms with E-state index in [1.165, 1.54) is 0 Å². The molecule has 0 aliphatic rings. The summed E-state index contributed by atoms with van der Waals surface area (Å²) < 4.78 is 14.9. The van der Waals surface area contributed by atoms with E-state index in [0.717, 1.165) is 5.56 Å². The molecule has 1 unspecified atom stereocenters. The van der Waals surface area contributed by atoms with Crippen molar-refractivity contribution < 1.29 is 28.7 Å². The minimum Gasteiger partial charge on any atom is -0.303 e. The van der Waals surface area contributed by atoms with Crippen molar-refractivity contribution in [1.29, 1.82) is 0 Å². The molecule has 1 rings (SSSR count). The molecule has 0 aromatic heterocycles. The molecular weight excluding hydrogens is 247 g/mol. The highest BCUT2D eigenvalue weighted by atomic mass is 31.2. The largest absolute Gasteiger partial charge is 0.472 e. The lowest BCUT2D eigenvalue weighted by Crippen LogP contribution is -2.15. The first-order chi connectivity index (χ1) is 8.01. The van der Waals surface area contributed by atoms with E-state index < -0.39 is 14.1 Å². The lowest BCUT2D eigenvalue weighted by atomic mass is 10.2. The molecule has 1 aromatic rings. The highest BCUT2D eigenvalue weighted by Gasteiger charge is 2.22. The fourth-order valence-corrected chi connectivity index (χ4v) is 1.56. The maximum absolute atomic E-state index is 10.6. The van der Waals surface area contributed by atoms with Gasteiger partial charge < -0.3 is 9.79 Å². The predicted octanol–water partition coefficient (Wildman–Crippen LogP) is 1.98. The van der Waals surface area contributed by atoms with Gasteiger partial charge in [0, 0.05) is 0 Å². The third kappa shape index (κ3) is 6.53. The van der Waals surface area contributed by atoms with Crippen LogP contribution in [-0.2, 0) is 25.5 Å². The van der Waals surface area contributed by atoms with Crippen molar-refractivity contribution in [2.75, 3.05) is 0 Å². The molecule has 2 N–H and O–H groups in total. The molecular formula is C10H15O6P. The van der Waals surface area contributed by atoms with Crippen LogP contribution in [0.3, 0.4) is 0 Å². The summed E-state index contributed by atoms with van der Waals surface area (Å²) >= 11 is 0. The van der Waals surface area contributed by atoms with Gasteiger partial charge in [-0.05, 0) is 12.0 Å². The fraction of sp³-hybridized carbons (Fsp3) is 0.400. The second-order valence-electron chi connectivity index (χ2n) is 3.28. The minimum atomic E-state index is -4.56. The lowest BCUT2D eigenvalue weighted by molar-refractivity contribution is -0.372. The molecule has 0 aliphatic carbocycles. The monoisotopic (exact) mass is 262 g/mol.